The molecule has 7 heteroatoms. The molecule has 1 aliphatic rings. The fourth-order valence-electron chi connectivity index (χ4n) is 1.83. The lowest BCUT2D eigenvalue weighted by atomic mass is 10.1. The summed E-state index contributed by atoms with van der Waals surface area (Å²) in [4.78, 5) is 0. The Hall–Kier alpha value is -1.76. The summed E-state index contributed by atoms with van der Waals surface area (Å²) in [5, 5.41) is 6.45. The van der Waals surface area contributed by atoms with Crippen LogP contribution in [0.25, 0.3) is 11.3 Å². The topological polar surface area (TPSA) is 73.2 Å². The SMILES string of the molecule is Nc1cc(-c2c(Br)cc3c(c2F)OCCO3)[nH]n1. The lowest BCUT2D eigenvalue weighted by Gasteiger charge is -2.20. The van der Waals surface area contributed by atoms with Crippen molar-refractivity contribution in [1.82, 2.24) is 10.2 Å². The zero-order valence-corrected chi connectivity index (χ0v) is 10.8. The number of H-pyrrole nitrogens is 1. The van der Waals surface area contributed by atoms with Crippen molar-refractivity contribution in [1.29, 1.82) is 0 Å². The van der Waals surface area contributed by atoms with Gasteiger partial charge in [-0.3, -0.25) is 5.10 Å². The van der Waals surface area contributed by atoms with Crippen LogP contribution in [-0.2, 0) is 0 Å². The van der Waals surface area contributed by atoms with Crippen LogP contribution in [0.2, 0.25) is 0 Å². The summed E-state index contributed by atoms with van der Waals surface area (Å²) in [6, 6.07) is 3.23. The van der Waals surface area contributed by atoms with E-state index in [0.29, 0.717) is 40.5 Å². The molecule has 3 N–H and O–H groups in total. The Morgan fingerprint density at radius 1 is 1.33 bits per heavy atom. The van der Waals surface area contributed by atoms with Gasteiger partial charge in [0.05, 0.1) is 11.3 Å². The quantitative estimate of drug-likeness (QED) is 0.847. The van der Waals surface area contributed by atoms with Crippen LogP contribution in [-0.4, -0.2) is 23.4 Å². The van der Waals surface area contributed by atoms with Gasteiger partial charge in [-0.05, 0) is 22.0 Å². The molecule has 94 valence electrons. The van der Waals surface area contributed by atoms with Crippen molar-refractivity contribution in [2.24, 2.45) is 0 Å². The Bertz CT molecular complexity index is 615. The van der Waals surface area contributed by atoms with E-state index in [1.165, 1.54) is 0 Å². The number of nitrogens with two attached hydrogens (primary N) is 1. The van der Waals surface area contributed by atoms with Gasteiger partial charge in [-0.2, -0.15) is 5.10 Å². The molecule has 0 saturated heterocycles. The molecule has 1 aromatic heterocycles. The summed E-state index contributed by atoms with van der Waals surface area (Å²) in [7, 11) is 0. The number of benzene rings is 1. The second-order valence-corrected chi connectivity index (χ2v) is 4.63. The molecular formula is C11H9BrFN3O2. The van der Waals surface area contributed by atoms with E-state index < -0.39 is 5.82 Å². The molecule has 0 unspecified atom stereocenters. The maximum atomic E-state index is 14.4. The van der Waals surface area contributed by atoms with Crippen LogP contribution in [0.1, 0.15) is 0 Å². The van der Waals surface area contributed by atoms with E-state index in [9.17, 15) is 4.39 Å². The summed E-state index contributed by atoms with van der Waals surface area (Å²) >= 11 is 3.31. The van der Waals surface area contributed by atoms with Crippen molar-refractivity contribution >= 4 is 21.7 Å². The second-order valence-electron chi connectivity index (χ2n) is 3.78. The number of ether oxygens (including phenoxy) is 2. The second kappa shape index (κ2) is 4.16. The van der Waals surface area contributed by atoms with Gasteiger partial charge in [0.2, 0.25) is 0 Å². The van der Waals surface area contributed by atoms with Gasteiger partial charge in [0.1, 0.15) is 19.0 Å². The first-order valence-electron chi connectivity index (χ1n) is 5.25. The Labute approximate surface area is 110 Å². The average Bonchev–Trinajstić information content (AvgIpc) is 2.76. The lowest BCUT2D eigenvalue weighted by molar-refractivity contribution is 0.164. The van der Waals surface area contributed by atoms with Crippen LogP contribution in [0.3, 0.4) is 0 Å². The Kier molecular flexibility index (Phi) is 2.62. The summed E-state index contributed by atoms with van der Waals surface area (Å²) in [6.45, 7) is 0.741. The molecule has 1 aromatic carbocycles. The van der Waals surface area contributed by atoms with Crippen LogP contribution >= 0.6 is 15.9 Å². The summed E-state index contributed by atoms with van der Waals surface area (Å²) < 4.78 is 25.6. The highest BCUT2D eigenvalue weighted by atomic mass is 79.9. The maximum Gasteiger partial charge on any atom is 0.198 e. The minimum absolute atomic E-state index is 0.118. The molecular weight excluding hydrogens is 305 g/mol. The van der Waals surface area contributed by atoms with Crippen molar-refractivity contribution < 1.29 is 13.9 Å². The van der Waals surface area contributed by atoms with Gasteiger partial charge in [-0.1, -0.05) is 0 Å². The molecule has 0 aliphatic carbocycles. The third kappa shape index (κ3) is 1.71. The fourth-order valence-corrected chi connectivity index (χ4v) is 2.42. The molecule has 5 nitrogen and oxygen atoms in total. The number of aromatic amines is 1. The van der Waals surface area contributed by atoms with Crippen LogP contribution in [0.15, 0.2) is 16.6 Å². The smallest absolute Gasteiger partial charge is 0.198 e. The van der Waals surface area contributed by atoms with Gasteiger partial charge in [0.25, 0.3) is 0 Å². The van der Waals surface area contributed by atoms with Crippen molar-refractivity contribution in [3.8, 4) is 22.8 Å². The van der Waals surface area contributed by atoms with Crippen LogP contribution in [0, 0.1) is 5.82 Å². The Morgan fingerprint density at radius 3 is 2.83 bits per heavy atom. The number of nitrogens with one attached hydrogen (secondary N) is 1. The predicted molar refractivity (Wildman–Crippen MR) is 67.1 cm³/mol. The molecule has 3 rings (SSSR count). The van der Waals surface area contributed by atoms with E-state index in [-0.39, 0.29) is 5.75 Å². The average molecular weight is 314 g/mol. The number of fused-ring (bicyclic) bond motifs is 1. The number of nitrogens with zero attached hydrogens (tertiary/aromatic N) is 1. The summed E-state index contributed by atoms with van der Waals surface area (Å²) in [5.74, 6) is 0.309. The highest BCUT2D eigenvalue weighted by Crippen LogP contribution is 2.42. The number of aromatic nitrogens is 2. The van der Waals surface area contributed by atoms with Gasteiger partial charge < -0.3 is 15.2 Å². The molecule has 0 bridgehead atoms. The standard InChI is InChI=1S/C11H9BrFN3O2/c12-5-3-7-11(18-2-1-17-7)10(13)9(5)6-4-8(14)16-15-6/h3-4H,1-2H2,(H3,14,15,16). The zero-order valence-electron chi connectivity index (χ0n) is 9.17. The minimum Gasteiger partial charge on any atom is -0.486 e. The molecule has 0 amide bonds. The van der Waals surface area contributed by atoms with Crippen LogP contribution < -0.4 is 15.2 Å². The number of rotatable bonds is 1. The number of anilines is 1. The first-order chi connectivity index (χ1) is 8.66. The highest BCUT2D eigenvalue weighted by Gasteiger charge is 2.24. The fraction of sp³-hybridized carbons (Fsp3) is 0.182. The first kappa shape index (κ1) is 11.3. The lowest BCUT2D eigenvalue weighted by Crippen LogP contribution is -2.16. The van der Waals surface area contributed by atoms with Crippen molar-refractivity contribution in [3.63, 3.8) is 0 Å². The molecule has 1 aliphatic heterocycles. The minimum atomic E-state index is -0.497. The molecule has 2 heterocycles. The van der Waals surface area contributed by atoms with Gasteiger partial charge in [0, 0.05) is 10.5 Å². The number of hydrogen-bond acceptors (Lipinski definition) is 4. The van der Waals surface area contributed by atoms with Crippen LogP contribution in [0.4, 0.5) is 10.2 Å². The zero-order chi connectivity index (χ0) is 12.7. The summed E-state index contributed by atoms with van der Waals surface area (Å²) in [6.07, 6.45) is 0. The molecule has 0 spiro atoms. The van der Waals surface area contributed by atoms with E-state index >= 15 is 0 Å². The Balaban J connectivity index is 2.20. The number of hydrogen-bond donors (Lipinski definition) is 2. The third-order valence-corrected chi connectivity index (χ3v) is 3.22. The molecule has 0 radical (unpaired) electrons. The number of nitrogen functional groups attached to an aromatic ring is 1. The molecule has 0 atom stereocenters. The van der Waals surface area contributed by atoms with Gasteiger partial charge >= 0.3 is 0 Å². The third-order valence-electron chi connectivity index (χ3n) is 2.59. The first-order valence-corrected chi connectivity index (χ1v) is 6.05. The van der Waals surface area contributed by atoms with Crippen molar-refractivity contribution in [3.05, 3.63) is 22.4 Å². The van der Waals surface area contributed by atoms with E-state index in [4.69, 9.17) is 15.2 Å². The van der Waals surface area contributed by atoms with E-state index in [2.05, 4.69) is 26.1 Å². The molecule has 0 fully saturated rings. The van der Waals surface area contributed by atoms with Crippen molar-refractivity contribution in [2.45, 2.75) is 0 Å². The predicted octanol–water partition coefficient (Wildman–Crippen LogP) is 2.33. The van der Waals surface area contributed by atoms with Gasteiger partial charge in [-0.25, -0.2) is 4.39 Å². The maximum absolute atomic E-state index is 14.4. The van der Waals surface area contributed by atoms with Crippen molar-refractivity contribution in [2.75, 3.05) is 18.9 Å². The van der Waals surface area contributed by atoms with E-state index in [1.807, 2.05) is 0 Å². The van der Waals surface area contributed by atoms with E-state index in [1.54, 1.807) is 12.1 Å². The van der Waals surface area contributed by atoms with Crippen LogP contribution in [0.5, 0.6) is 11.5 Å². The highest BCUT2D eigenvalue weighted by molar-refractivity contribution is 9.10. The van der Waals surface area contributed by atoms with Gasteiger partial charge in [0.15, 0.2) is 17.3 Å². The monoisotopic (exact) mass is 313 g/mol. The summed E-state index contributed by atoms with van der Waals surface area (Å²) in [5.41, 5.74) is 6.32. The molecule has 0 saturated carbocycles. The number of halogens is 2. The molecule has 2 aromatic rings. The van der Waals surface area contributed by atoms with Gasteiger partial charge in [-0.15, -0.1) is 0 Å². The normalized spacial score (nSPS) is 13.7. The largest absolute Gasteiger partial charge is 0.486 e. The molecule has 18 heavy (non-hydrogen) atoms. The van der Waals surface area contributed by atoms with E-state index in [0.717, 1.165) is 0 Å². The Morgan fingerprint density at radius 2 is 2.11 bits per heavy atom.